The molecule has 2 aromatic heterocycles. The predicted molar refractivity (Wildman–Crippen MR) is 113 cm³/mol. The van der Waals surface area contributed by atoms with Gasteiger partial charge in [0.25, 0.3) is 0 Å². The van der Waals surface area contributed by atoms with Crippen LogP contribution >= 0.6 is 23.1 Å². The molecular weight excluding hydrogens is 358 g/mol. The topological polar surface area (TPSA) is 37.8 Å². The van der Waals surface area contributed by atoms with Gasteiger partial charge in [-0.3, -0.25) is 0 Å². The summed E-state index contributed by atoms with van der Waals surface area (Å²) in [4.78, 5) is 12.5. The molecule has 0 saturated carbocycles. The fourth-order valence-electron chi connectivity index (χ4n) is 3.50. The van der Waals surface area contributed by atoms with E-state index in [9.17, 15) is 0 Å². The summed E-state index contributed by atoms with van der Waals surface area (Å²) < 4.78 is 0. The van der Waals surface area contributed by atoms with Crippen molar-refractivity contribution in [2.75, 3.05) is 5.32 Å². The minimum atomic E-state index is 0.476. The van der Waals surface area contributed by atoms with Gasteiger partial charge in [0.2, 0.25) is 0 Å². The average molecular weight is 384 g/mol. The molecule has 1 aliphatic rings. The Morgan fingerprint density at radius 2 is 2.04 bits per heavy atom. The van der Waals surface area contributed by atoms with Gasteiger partial charge in [-0.1, -0.05) is 62.9 Å². The van der Waals surface area contributed by atoms with Crippen molar-refractivity contribution in [1.82, 2.24) is 9.97 Å². The van der Waals surface area contributed by atoms with E-state index < -0.39 is 0 Å². The van der Waals surface area contributed by atoms with Gasteiger partial charge in [-0.05, 0) is 36.3 Å². The average Bonchev–Trinajstić information content (AvgIpc) is 2.97. The first-order valence-corrected chi connectivity index (χ1v) is 11.1. The zero-order valence-electron chi connectivity index (χ0n) is 15.6. The lowest BCUT2D eigenvalue weighted by Gasteiger charge is -2.18. The standard InChI is InChI=1S/C21H25N3S2/c1-13(2)25-21-23-19(22-12-15-7-5-4-6-8-15)18-16-10-9-14(3)11-17(16)26-20(18)24-21/h4-8,13-14H,9-12H2,1-3H3,(H,22,23,24). The van der Waals surface area contributed by atoms with Crippen molar-refractivity contribution < 1.29 is 0 Å². The molecule has 0 saturated heterocycles. The number of nitrogens with zero attached hydrogens (tertiary/aromatic N) is 2. The number of hydrogen-bond donors (Lipinski definition) is 1. The number of thiophene rings is 1. The molecule has 0 aliphatic heterocycles. The number of anilines is 1. The SMILES string of the molecule is CC1CCc2c(sc3nc(SC(C)C)nc(NCc4ccccc4)c23)C1. The number of aryl methyl sites for hydroxylation is 1. The van der Waals surface area contributed by atoms with E-state index in [1.54, 1.807) is 11.8 Å². The summed E-state index contributed by atoms with van der Waals surface area (Å²) in [5.74, 6) is 1.78. The first-order chi connectivity index (χ1) is 12.6. The molecule has 26 heavy (non-hydrogen) atoms. The molecule has 0 fully saturated rings. The minimum Gasteiger partial charge on any atom is -0.365 e. The van der Waals surface area contributed by atoms with Gasteiger partial charge in [0.05, 0.1) is 5.39 Å². The third-order valence-electron chi connectivity index (χ3n) is 4.78. The first-order valence-electron chi connectivity index (χ1n) is 9.37. The van der Waals surface area contributed by atoms with E-state index in [1.807, 2.05) is 11.3 Å². The van der Waals surface area contributed by atoms with Crippen LogP contribution in [-0.2, 0) is 19.4 Å². The van der Waals surface area contributed by atoms with E-state index >= 15 is 0 Å². The molecule has 4 rings (SSSR count). The molecule has 3 nitrogen and oxygen atoms in total. The molecule has 1 unspecified atom stereocenters. The zero-order chi connectivity index (χ0) is 18.1. The van der Waals surface area contributed by atoms with Gasteiger partial charge in [-0.25, -0.2) is 9.97 Å². The van der Waals surface area contributed by atoms with E-state index in [1.165, 1.54) is 34.2 Å². The Morgan fingerprint density at radius 1 is 1.23 bits per heavy atom. The molecule has 136 valence electrons. The van der Waals surface area contributed by atoms with Crippen LogP contribution < -0.4 is 5.32 Å². The van der Waals surface area contributed by atoms with Crippen LogP contribution in [0.3, 0.4) is 0 Å². The van der Waals surface area contributed by atoms with Gasteiger partial charge in [0.15, 0.2) is 5.16 Å². The molecule has 2 heterocycles. The van der Waals surface area contributed by atoms with E-state index in [-0.39, 0.29) is 0 Å². The van der Waals surface area contributed by atoms with Gasteiger partial charge >= 0.3 is 0 Å². The third-order valence-corrected chi connectivity index (χ3v) is 6.79. The van der Waals surface area contributed by atoms with Crippen molar-refractivity contribution in [2.24, 2.45) is 5.92 Å². The molecule has 5 heteroatoms. The Morgan fingerprint density at radius 3 is 2.81 bits per heavy atom. The summed E-state index contributed by atoms with van der Waals surface area (Å²) in [7, 11) is 0. The second kappa shape index (κ2) is 7.57. The summed E-state index contributed by atoms with van der Waals surface area (Å²) in [6, 6.07) is 10.5. The fraction of sp³-hybridized carbons (Fsp3) is 0.429. The summed E-state index contributed by atoms with van der Waals surface area (Å²) >= 11 is 3.62. The first kappa shape index (κ1) is 17.8. The second-order valence-corrected chi connectivity index (χ2v) is 10.0. The monoisotopic (exact) mass is 383 g/mol. The molecule has 0 spiro atoms. The predicted octanol–water partition coefficient (Wildman–Crippen LogP) is 5.93. The van der Waals surface area contributed by atoms with Crippen LogP contribution in [0.25, 0.3) is 10.2 Å². The molecular formula is C21H25N3S2. The lowest BCUT2D eigenvalue weighted by atomic mass is 9.89. The van der Waals surface area contributed by atoms with Gasteiger partial charge in [0.1, 0.15) is 10.6 Å². The number of fused-ring (bicyclic) bond motifs is 3. The molecule has 0 radical (unpaired) electrons. The highest BCUT2D eigenvalue weighted by molar-refractivity contribution is 7.99. The number of nitrogens with one attached hydrogen (secondary N) is 1. The number of thioether (sulfide) groups is 1. The Kier molecular flexibility index (Phi) is 5.18. The normalized spacial score (nSPS) is 16.8. The van der Waals surface area contributed by atoms with Gasteiger partial charge < -0.3 is 5.32 Å². The summed E-state index contributed by atoms with van der Waals surface area (Å²) in [6.45, 7) is 7.53. The highest BCUT2D eigenvalue weighted by Crippen LogP contribution is 2.41. The molecule has 1 aromatic carbocycles. The van der Waals surface area contributed by atoms with Crippen molar-refractivity contribution in [3.05, 3.63) is 46.3 Å². The quantitative estimate of drug-likeness (QED) is 0.438. The third kappa shape index (κ3) is 3.74. The Labute approximate surface area is 163 Å². The molecule has 0 amide bonds. The van der Waals surface area contributed by atoms with Crippen molar-refractivity contribution in [1.29, 1.82) is 0 Å². The Bertz CT molecular complexity index is 903. The maximum atomic E-state index is 4.90. The van der Waals surface area contributed by atoms with Crippen LogP contribution in [0.1, 0.15) is 43.2 Å². The Hall–Kier alpha value is -1.59. The lowest BCUT2D eigenvalue weighted by molar-refractivity contribution is 0.509. The summed E-state index contributed by atoms with van der Waals surface area (Å²) in [5.41, 5.74) is 2.76. The summed E-state index contributed by atoms with van der Waals surface area (Å²) in [5, 5.41) is 6.23. The maximum absolute atomic E-state index is 4.90. The molecule has 0 bridgehead atoms. The van der Waals surface area contributed by atoms with Crippen molar-refractivity contribution >= 4 is 39.1 Å². The maximum Gasteiger partial charge on any atom is 0.191 e. The molecule has 1 N–H and O–H groups in total. The molecule has 1 atom stereocenters. The highest BCUT2D eigenvalue weighted by Gasteiger charge is 2.24. The summed E-state index contributed by atoms with van der Waals surface area (Å²) in [6.07, 6.45) is 3.59. The lowest BCUT2D eigenvalue weighted by Crippen LogP contribution is -2.10. The largest absolute Gasteiger partial charge is 0.365 e. The van der Waals surface area contributed by atoms with Crippen LogP contribution in [-0.4, -0.2) is 15.2 Å². The van der Waals surface area contributed by atoms with Gasteiger partial charge in [-0.15, -0.1) is 11.3 Å². The van der Waals surface area contributed by atoms with Crippen molar-refractivity contribution in [2.45, 2.75) is 57.0 Å². The smallest absolute Gasteiger partial charge is 0.191 e. The van der Waals surface area contributed by atoms with Crippen LogP contribution in [0.4, 0.5) is 5.82 Å². The van der Waals surface area contributed by atoms with E-state index in [0.717, 1.165) is 34.7 Å². The van der Waals surface area contributed by atoms with Crippen molar-refractivity contribution in [3.8, 4) is 0 Å². The second-order valence-electron chi connectivity index (χ2n) is 7.39. The molecule has 1 aliphatic carbocycles. The van der Waals surface area contributed by atoms with Crippen LogP contribution in [0, 0.1) is 5.92 Å². The van der Waals surface area contributed by atoms with E-state index in [0.29, 0.717) is 5.25 Å². The van der Waals surface area contributed by atoms with E-state index in [2.05, 4.69) is 56.4 Å². The number of benzene rings is 1. The number of hydrogen-bond acceptors (Lipinski definition) is 5. The van der Waals surface area contributed by atoms with Crippen molar-refractivity contribution in [3.63, 3.8) is 0 Å². The zero-order valence-corrected chi connectivity index (χ0v) is 17.2. The van der Waals surface area contributed by atoms with Crippen LogP contribution in [0.15, 0.2) is 35.5 Å². The Balaban J connectivity index is 1.74. The fourth-order valence-corrected chi connectivity index (χ4v) is 5.65. The van der Waals surface area contributed by atoms with Gasteiger partial charge in [-0.2, -0.15) is 0 Å². The van der Waals surface area contributed by atoms with Gasteiger partial charge in [0, 0.05) is 16.7 Å². The van der Waals surface area contributed by atoms with E-state index in [4.69, 9.17) is 9.97 Å². The minimum absolute atomic E-state index is 0.476. The highest BCUT2D eigenvalue weighted by atomic mass is 32.2. The number of rotatable bonds is 5. The van der Waals surface area contributed by atoms with Crippen LogP contribution in [0.5, 0.6) is 0 Å². The number of aromatic nitrogens is 2. The van der Waals surface area contributed by atoms with Crippen LogP contribution in [0.2, 0.25) is 0 Å². The molecule has 3 aromatic rings.